The maximum Gasteiger partial charge on any atom is 0.161 e. The third kappa shape index (κ3) is 5.00. The van der Waals surface area contributed by atoms with Crippen molar-refractivity contribution in [3.8, 4) is 50.6 Å². The molecular weight excluding hydrogens is 683 g/mol. The van der Waals surface area contributed by atoms with Gasteiger partial charge in [-0.05, 0) is 102 Å². The van der Waals surface area contributed by atoms with Gasteiger partial charge in [-0.2, -0.15) is 0 Å². The van der Waals surface area contributed by atoms with Crippen molar-refractivity contribution in [2.45, 2.75) is 13.8 Å². The number of fused-ring (bicyclic) bond motifs is 7. The van der Waals surface area contributed by atoms with Crippen molar-refractivity contribution in [3.63, 3.8) is 0 Å². The minimum Gasteiger partial charge on any atom is -0.456 e. The second kappa shape index (κ2) is 12.6. The van der Waals surface area contributed by atoms with Crippen molar-refractivity contribution in [1.82, 2.24) is 14.5 Å². The van der Waals surface area contributed by atoms with Gasteiger partial charge in [-0.25, -0.2) is 9.97 Å². The smallest absolute Gasteiger partial charge is 0.161 e. The number of hydrogen-bond acceptors (Lipinski definition) is 3. The van der Waals surface area contributed by atoms with E-state index < -0.39 is 0 Å². The van der Waals surface area contributed by atoms with E-state index in [1.807, 2.05) is 18.2 Å². The molecule has 0 saturated heterocycles. The Kier molecular flexibility index (Phi) is 7.26. The van der Waals surface area contributed by atoms with Crippen molar-refractivity contribution in [1.29, 1.82) is 0 Å². The molecule has 0 N–H and O–H groups in total. The third-order valence-corrected chi connectivity index (χ3v) is 11.3. The van der Waals surface area contributed by atoms with Gasteiger partial charge in [0.2, 0.25) is 0 Å². The summed E-state index contributed by atoms with van der Waals surface area (Å²) < 4.78 is 8.68. The van der Waals surface area contributed by atoms with Crippen LogP contribution in [0.5, 0.6) is 0 Å². The highest BCUT2D eigenvalue weighted by Gasteiger charge is 2.21. The van der Waals surface area contributed by atoms with E-state index in [1.54, 1.807) is 0 Å². The van der Waals surface area contributed by atoms with Crippen LogP contribution in [0.4, 0.5) is 0 Å². The molecule has 4 heteroatoms. The summed E-state index contributed by atoms with van der Waals surface area (Å²) in [4.78, 5) is 10.7. The van der Waals surface area contributed by atoms with Crippen LogP contribution >= 0.6 is 0 Å². The molecule has 0 atom stereocenters. The summed E-state index contributed by atoms with van der Waals surface area (Å²) in [6.07, 6.45) is 0. The second-order valence-electron chi connectivity index (χ2n) is 14.6. The number of rotatable bonds is 5. The molecule has 0 aliphatic rings. The quantitative estimate of drug-likeness (QED) is 0.178. The SMILES string of the molecule is Cc1ccc(-c2ccc3c(c2)c2ccccc2n3-c2ccccc2)cc1-c1c(C)cccc1-c1nc(-c2cccc3oc4ccccc4c23)c2ccccc2n1. The first-order valence-corrected chi connectivity index (χ1v) is 19.1. The van der Waals surface area contributed by atoms with Crippen LogP contribution in [0.1, 0.15) is 11.1 Å². The third-order valence-electron chi connectivity index (χ3n) is 11.3. The predicted octanol–water partition coefficient (Wildman–Crippen LogP) is 13.9. The fourth-order valence-corrected chi connectivity index (χ4v) is 8.66. The molecule has 0 fully saturated rings. The van der Waals surface area contributed by atoms with E-state index in [9.17, 15) is 0 Å². The first-order chi connectivity index (χ1) is 27.6. The Morgan fingerprint density at radius 3 is 2.02 bits per heavy atom. The Hall–Kier alpha value is -7.30. The van der Waals surface area contributed by atoms with Gasteiger partial charge < -0.3 is 8.98 Å². The van der Waals surface area contributed by atoms with Crippen LogP contribution in [0.25, 0.3) is 105 Å². The number of hydrogen-bond donors (Lipinski definition) is 0. The highest BCUT2D eigenvalue weighted by atomic mass is 16.3. The van der Waals surface area contributed by atoms with E-state index in [-0.39, 0.29) is 0 Å². The Morgan fingerprint density at radius 1 is 0.446 bits per heavy atom. The highest BCUT2D eigenvalue weighted by Crippen LogP contribution is 2.42. The van der Waals surface area contributed by atoms with E-state index in [4.69, 9.17) is 14.4 Å². The zero-order chi connectivity index (χ0) is 37.3. The maximum atomic E-state index is 6.32. The molecule has 0 bridgehead atoms. The van der Waals surface area contributed by atoms with Crippen LogP contribution in [-0.2, 0) is 0 Å². The molecule has 8 aromatic carbocycles. The van der Waals surface area contributed by atoms with Crippen LogP contribution in [-0.4, -0.2) is 14.5 Å². The minimum atomic E-state index is 0.696. The van der Waals surface area contributed by atoms with Crippen LogP contribution < -0.4 is 0 Å². The number of benzene rings is 8. The van der Waals surface area contributed by atoms with Crippen molar-refractivity contribution in [3.05, 3.63) is 187 Å². The molecule has 0 spiro atoms. The van der Waals surface area contributed by atoms with Gasteiger partial charge in [0.05, 0.1) is 22.2 Å². The lowest BCUT2D eigenvalue weighted by atomic mass is 9.89. The van der Waals surface area contributed by atoms with Crippen molar-refractivity contribution >= 4 is 54.6 Å². The van der Waals surface area contributed by atoms with E-state index >= 15 is 0 Å². The van der Waals surface area contributed by atoms with Crippen LogP contribution in [0.3, 0.4) is 0 Å². The molecule has 4 nitrogen and oxygen atoms in total. The first-order valence-electron chi connectivity index (χ1n) is 19.1. The molecule has 3 heterocycles. The fraction of sp³-hybridized carbons (Fsp3) is 0.0385. The van der Waals surface area contributed by atoms with Gasteiger partial charge >= 0.3 is 0 Å². The van der Waals surface area contributed by atoms with Gasteiger partial charge in [-0.1, -0.05) is 121 Å². The molecule has 11 rings (SSSR count). The summed E-state index contributed by atoms with van der Waals surface area (Å²) in [5.41, 5.74) is 16.1. The average Bonchev–Trinajstić information content (AvgIpc) is 3.79. The molecule has 264 valence electrons. The molecule has 0 saturated carbocycles. The topological polar surface area (TPSA) is 43.9 Å². The zero-order valence-electron chi connectivity index (χ0n) is 31.0. The number of aryl methyl sites for hydroxylation is 2. The number of para-hydroxylation sites is 4. The number of furan rings is 1. The normalized spacial score (nSPS) is 11.8. The summed E-state index contributed by atoms with van der Waals surface area (Å²) >= 11 is 0. The largest absolute Gasteiger partial charge is 0.456 e. The molecule has 0 unspecified atom stereocenters. The number of nitrogens with zero attached hydrogens (tertiary/aromatic N) is 3. The van der Waals surface area contributed by atoms with Gasteiger partial charge in [0.15, 0.2) is 5.82 Å². The van der Waals surface area contributed by atoms with Crippen LogP contribution in [0, 0.1) is 13.8 Å². The first kappa shape index (κ1) is 32.2. The summed E-state index contributed by atoms with van der Waals surface area (Å²) in [7, 11) is 0. The Bertz CT molecular complexity index is 3330. The average molecular weight is 718 g/mol. The van der Waals surface area contributed by atoms with Crippen LogP contribution in [0.2, 0.25) is 0 Å². The summed E-state index contributed by atoms with van der Waals surface area (Å²) in [6.45, 7) is 4.39. The molecule has 0 radical (unpaired) electrons. The predicted molar refractivity (Wildman–Crippen MR) is 232 cm³/mol. The molecular formula is C52H35N3O. The van der Waals surface area contributed by atoms with E-state index in [1.165, 1.54) is 44.1 Å². The van der Waals surface area contributed by atoms with Gasteiger partial charge in [0.1, 0.15) is 11.2 Å². The van der Waals surface area contributed by atoms with E-state index in [2.05, 4.69) is 176 Å². The lowest BCUT2D eigenvalue weighted by Gasteiger charge is -2.17. The van der Waals surface area contributed by atoms with Crippen molar-refractivity contribution < 1.29 is 4.42 Å². The molecule has 0 aliphatic carbocycles. The van der Waals surface area contributed by atoms with Gasteiger partial charge in [0.25, 0.3) is 0 Å². The summed E-state index contributed by atoms with van der Waals surface area (Å²) in [5.74, 6) is 0.696. The molecule has 56 heavy (non-hydrogen) atoms. The summed E-state index contributed by atoms with van der Waals surface area (Å²) in [6, 6.07) is 62.3. The number of aromatic nitrogens is 3. The molecule has 0 aliphatic heterocycles. The van der Waals surface area contributed by atoms with Crippen LogP contribution in [0.15, 0.2) is 180 Å². The fourth-order valence-electron chi connectivity index (χ4n) is 8.66. The minimum absolute atomic E-state index is 0.696. The van der Waals surface area contributed by atoms with E-state index in [0.29, 0.717) is 5.82 Å². The lowest BCUT2D eigenvalue weighted by Crippen LogP contribution is -1.99. The Balaban J connectivity index is 1.09. The zero-order valence-corrected chi connectivity index (χ0v) is 31.0. The molecule has 0 amide bonds. The lowest BCUT2D eigenvalue weighted by molar-refractivity contribution is 0.669. The molecule has 3 aromatic heterocycles. The van der Waals surface area contributed by atoms with Crippen molar-refractivity contribution in [2.24, 2.45) is 0 Å². The Morgan fingerprint density at radius 2 is 1.12 bits per heavy atom. The van der Waals surface area contributed by atoms with Crippen molar-refractivity contribution in [2.75, 3.05) is 0 Å². The highest BCUT2D eigenvalue weighted by molar-refractivity contribution is 6.15. The van der Waals surface area contributed by atoms with Gasteiger partial charge in [-0.15, -0.1) is 0 Å². The summed E-state index contributed by atoms with van der Waals surface area (Å²) in [5, 5.41) is 5.62. The van der Waals surface area contributed by atoms with Gasteiger partial charge in [-0.3, -0.25) is 0 Å². The second-order valence-corrected chi connectivity index (χ2v) is 14.6. The van der Waals surface area contributed by atoms with Gasteiger partial charge in [0, 0.05) is 43.7 Å². The maximum absolute atomic E-state index is 6.32. The Labute approximate surface area is 324 Å². The van der Waals surface area contributed by atoms with E-state index in [0.717, 1.165) is 66.5 Å². The molecule has 11 aromatic rings. The standard InChI is InChI=1S/C52H35N3O/c1-32-26-27-34(35-28-29-46-43(31-35)37-17-7-10-23-45(37)55(46)36-15-4-3-5-16-36)30-42(32)49-33(2)14-12-21-41(49)52-53-44-22-9-6-18-38(44)51(54-52)40-20-13-25-48-50(40)39-19-8-11-24-47(39)56-48/h3-31H,1-2H3. The monoisotopic (exact) mass is 717 g/mol.